The molecule has 3 nitrogen and oxygen atoms in total. The highest BCUT2D eigenvalue weighted by Crippen LogP contribution is 2.13. The number of likely N-dealkylation sites (tertiary alicyclic amines) is 1. The van der Waals surface area contributed by atoms with E-state index in [1.54, 1.807) is 0 Å². The van der Waals surface area contributed by atoms with Crippen molar-refractivity contribution in [3.63, 3.8) is 0 Å². The van der Waals surface area contributed by atoms with Crippen LogP contribution >= 0.6 is 0 Å². The van der Waals surface area contributed by atoms with Crippen LogP contribution in [-0.2, 0) is 4.74 Å². The molecule has 0 amide bonds. The molecular formula is C12H26N2O. The minimum Gasteiger partial charge on any atom is -0.381 e. The second-order valence-corrected chi connectivity index (χ2v) is 4.44. The largest absolute Gasteiger partial charge is 0.381 e. The first kappa shape index (κ1) is 12.9. The molecule has 1 aliphatic rings. The Morgan fingerprint density at radius 1 is 1.20 bits per heavy atom. The van der Waals surface area contributed by atoms with Crippen LogP contribution in [0.4, 0.5) is 0 Å². The van der Waals surface area contributed by atoms with Gasteiger partial charge in [-0.2, -0.15) is 0 Å². The van der Waals surface area contributed by atoms with E-state index in [0.717, 1.165) is 6.54 Å². The molecule has 0 aliphatic carbocycles. The molecule has 0 radical (unpaired) electrons. The highest BCUT2D eigenvalue weighted by Gasteiger charge is 2.17. The molecule has 90 valence electrons. The summed E-state index contributed by atoms with van der Waals surface area (Å²) in [7, 11) is 3.85. The number of piperidine rings is 1. The monoisotopic (exact) mass is 214 g/mol. The lowest BCUT2D eigenvalue weighted by Gasteiger charge is -2.31. The van der Waals surface area contributed by atoms with Gasteiger partial charge in [0.15, 0.2) is 0 Å². The maximum absolute atomic E-state index is 5.36. The van der Waals surface area contributed by atoms with Crippen LogP contribution in [0.15, 0.2) is 0 Å². The second-order valence-electron chi connectivity index (χ2n) is 4.44. The summed E-state index contributed by atoms with van der Waals surface area (Å²) >= 11 is 0. The van der Waals surface area contributed by atoms with E-state index < -0.39 is 0 Å². The second kappa shape index (κ2) is 8.08. The molecule has 0 aromatic heterocycles. The molecule has 0 atom stereocenters. The number of nitrogens with one attached hydrogen (secondary N) is 1. The molecule has 1 saturated heterocycles. The first-order chi connectivity index (χ1) is 7.36. The molecule has 0 aromatic rings. The normalized spacial score (nSPS) is 19.6. The molecule has 15 heavy (non-hydrogen) atoms. The number of nitrogens with zero attached hydrogens (tertiary/aromatic N) is 1. The predicted molar refractivity (Wildman–Crippen MR) is 64.2 cm³/mol. The molecule has 3 heteroatoms. The number of hydrogen-bond acceptors (Lipinski definition) is 3. The summed E-state index contributed by atoms with van der Waals surface area (Å²) in [6.07, 6.45) is 6.96. The number of hydrogen-bond donors (Lipinski definition) is 1. The SMILES string of the molecule is CNCCCCCN1CCC(OC)CC1. The highest BCUT2D eigenvalue weighted by molar-refractivity contribution is 4.71. The first-order valence-corrected chi connectivity index (χ1v) is 6.26. The topological polar surface area (TPSA) is 24.5 Å². The Labute approximate surface area is 94.2 Å². The van der Waals surface area contributed by atoms with Crippen molar-refractivity contribution >= 4 is 0 Å². The van der Waals surface area contributed by atoms with Gasteiger partial charge in [-0.1, -0.05) is 6.42 Å². The molecule has 1 aliphatic heterocycles. The van der Waals surface area contributed by atoms with E-state index in [9.17, 15) is 0 Å². The fourth-order valence-electron chi connectivity index (χ4n) is 2.18. The summed E-state index contributed by atoms with van der Waals surface area (Å²) in [4.78, 5) is 2.58. The number of rotatable bonds is 7. The summed E-state index contributed by atoms with van der Waals surface area (Å²) in [5.41, 5.74) is 0. The summed E-state index contributed by atoms with van der Waals surface area (Å²) in [5.74, 6) is 0. The molecule has 0 spiro atoms. The van der Waals surface area contributed by atoms with E-state index in [0.29, 0.717) is 6.10 Å². The van der Waals surface area contributed by atoms with E-state index in [-0.39, 0.29) is 0 Å². The van der Waals surface area contributed by atoms with E-state index in [1.807, 2.05) is 14.2 Å². The van der Waals surface area contributed by atoms with Gasteiger partial charge in [-0.25, -0.2) is 0 Å². The van der Waals surface area contributed by atoms with Crippen molar-refractivity contribution in [3.8, 4) is 0 Å². The fraction of sp³-hybridized carbons (Fsp3) is 1.00. The van der Waals surface area contributed by atoms with Crippen molar-refractivity contribution in [1.82, 2.24) is 10.2 Å². The van der Waals surface area contributed by atoms with Gasteiger partial charge in [-0.05, 0) is 45.8 Å². The Balaban J connectivity index is 1.94. The van der Waals surface area contributed by atoms with Crippen LogP contribution in [0.2, 0.25) is 0 Å². The Morgan fingerprint density at radius 2 is 1.93 bits per heavy atom. The van der Waals surface area contributed by atoms with E-state index in [1.165, 1.54) is 51.7 Å². The molecular weight excluding hydrogens is 188 g/mol. The van der Waals surface area contributed by atoms with Gasteiger partial charge >= 0.3 is 0 Å². The summed E-state index contributed by atoms with van der Waals surface area (Å²) in [6.45, 7) is 4.89. The van der Waals surface area contributed by atoms with Crippen molar-refractivity contribution in [2.24, 2.45) is 0 Å². The van der Waals surface area contributed by atoms with Gasteiger partial charge in [0, 0.05) is 20.2 Å². The Morgan fingerprint density at radius 3 is 2.53 bits per heavy atom. The lowest BCUT2D eigenvalue weighted by Crippen LogP contribution is -2.37. The number of methoxy groups -OCH3 is 1. The molecule has 0 unspecified atom stereocenters. The average Bonchev–Trinajstić information content (AvgIpc) is 2.30. The number of unbranched alkanes of at least 4 members (excludes halogenated alkanes) is 2. The minimum atomic E-state index is 0.519. The van der Waals surface area contributed by atoms with Gasteiger partial charge in [0.2, 0.25) is 0 Å². The van der Waals surface area contributed by atoms with Crippen molar-refractivity contribution < 1.29 is 4.74 Å². The van der Waals surface area contributed by atoms with Crippen LogP contribution in [0, 0.1) is 0 Å². The third kappa shape index (κ3) is 5.50. The van der Waals surface area contributed by atoms with Crippen molar-refractivity contribution in [2.75, 3.05) is 40.3 Å². The number of ether oxygens (including phenoxy) is 1. The van der Waals surface area contributed by atoms with Gasteiger partial charge in [0.05, 0.1) is 6.10 Å². The Bertz CT molecular complexity index is 145. The molecule has 0 bridgehead atoms. The third-order valence-corrected chi connectivity index (χ3v) is 3.27. The maximum Gasteiger partial charge on any atom is 0.0595 e. The van der Waals surface area contributed by atoms with Crippen LogP contribution in [0.25, 0.3) is 0 Å². The zero-order chi connectivity index (χ0) is 10.9. The van der Waals surface area contributed by atoms with Crippen molar-refractivity contribution in [2.45, 2.75) is 38.2 Å². The zero-order valence-corrected chi connectivity index (χ0v) is 10.3. The van der Waals surface area contributed by atoms with Crippen LogP contribution in [-0.4, -0.2) is 51.3 Å². The van der Waals surface area contributed by atoms with Crippen molar-refractivity contribution in [1.29, 1.82) is 0 Å². The summed E-state index contributed by atoms with van der Waals surface area (Å²) in [6, 6.07) is 0. The van der Waals surface area contributed by atoms with Crippen molar-refractivity contribution in [3.05, 3.63) is 0 Å². The maximum atomic E-state index is 5.36. The average molecular weight is 214 g/mol. The molecule has 1 heterocycles. The summed E-state index contributed by atoms with van der Waals surface area (Å²) < 4.78 is 5.36. The van der Waals surface area contributed by atoms with E-state index >= 15 is 0 Å². The first-order valence-electron chi connectivity index (χ1n) is 6.26. The Hall–Kier alpha value is -0.120. The lowest BCUT2D eigenvalue weighted by atomic mass is 10.1. The Kier molecular flexibility index (Phi) is 6.98. The quantitative estimate of drug-likeness (QED) is 0.650. The van der Waals surface area contributed by atoms with Crippen LogP contribution < -0.4 is 5.32 Å². The van der Waals surface area contributed by atoms with Crippen LogP contribution in [0.1, 0.15) is 32.1 Å². The zero-order valence-electron chi connectivity index (χ0n) is 10.3. The van der Waals surface area contributed by atoms with Gasteiger partial charge in [-0.15, -0.1) is 0 Å². The fourth-order valence-corrected chi connectivity index (χ4v) is 2.18. The van der Waals surface area contributed by atoms with Crippen LogP contribution in [0.3, 0.4) is 0 Å². The molecule has 1 rings (SSSR count). The smallest absolute Gasteiger partial charge is 0.0595 e. The van der Waals surface area contributed by atoms with Gasteiger partial charge in [0.25, 0.3) is 0 Å². The molecule has 1 fully saturated rings. The molecule has 0 saturated carbocycles. The summed E-state index contributed by atoms with van der Waals surface area (Å²) in [5, 5.41) is 3.19. The van der Waals surface area contributed by atoms with Gasteiger partial charge in [-0.3, -0.25) is 0 Å². The molecule has 1 N–H and O–H groups in total. The standard InChI is InChI=1S/C12H26N2O/c1-13-8-4-3-5-9-14-10-6-12(15-2)7-11-14/h12-13H,3-11H2,1-2H3. The third-order valence-electron chi connectivity index (χ3n) is 3.27. The molecule has 0 aromatic carbocycles. The van der Waals surface area contributed by atoms with Crippen LogP contribution in [0.5, 0.6) is 0 Å². The highest BCUT2D eigenvalue weighted by atomic mass is 16.5. The van der Waals surface area contributed by atoms with Gasteiger partial charge in [0.1, 0.15) is 0 Å². The predicted octanol–water partition coefficient (Wildman–Crippen LogP) is 1.49. The lowest BCUT2D eigenvalue weighted by molar-refractivity contribution is 0.0407. The van der Waals surface area contributed by atoms with E-state index in [2.05, 4.69) is 10.2 Å². The van der Waals surface area contributed by atoms with E-state index in [4.69, 9.17) is 4.74 Å². The minimum absolute atomic E-state index is 0.519. The van der Waals surface area contributed by atoms with Gasteiger partial charge < -0.3 is 15.0 Å².